The van der Waals surface area contributed by atoms with Gasteiger partial charge in [0.25, 0.3) is 11.7 Å². The van der Waals surface area contributed by atoms with Gasteiger partial charge in [-0.1, -0.05) is 12.1 Å². The van der Waals surface area contributed by atoms with Gasteiger partial charge in [-0.25, -0.2) is 13.9 Å². The predicted octanol–water partition coefficient (Wildman–Crippen LogP) is 2.54. The summed E-state index contributed by atoms with van der Waals surface area (Å²) in [4.78, 5) is 21.4. The van der Waals surface area contributed by atoms with Gasteiger partial charge < -0.3 is 5.32 Å². The number of aryl methyl sites for hydroxylation is 1. The lowest BCUT2D eigenvalue weighted by atomic mass is 10.0. The van der Waals surface area contributed by atoms with Gasteiger partial charge >= 0.3 is 0 Å². The molecular weight excluding hydrogens is 329 g/mol. The van der Waals surface area contributed by atoms with Crippen molar-refractivity contribution in [3.63, 3.8) is 0 Å². The van der Waals surface area contributed by atoms with Crippen LogP contribution in [0.1, 0.15) is 34.3 Å². The number of hydrogen-bond donors (Lipinski definition) is 1. The summed E-state index contributed by atoms with van der Waals surface area (Å²) in [6, 6.07) is 6.49. The molecule has 0 fully saturated rings. The lowest BCUT2D eigenvalue weighted by Crippen LogP contribution is -2.31. The van der Waals surface area contributed by atoms with Crippen molar-refractivity contribution in [1.29, 1.82) is 0 Å². The van der Waals surface area contributed by atoms with Crippen LogP contribution in [-0.4, -0.2) is 31.2 Å². The highest BCUT2D eigenvalue weighted by Crippen LogP contribution is 2.37. The number of fused-ring (bicyclic) bond motifs is 2. The maximum Gasteiger partial charge on any atom is 0.291 e. The third-order valence-electron chi connectivity index (χ3n) is 3.96. The number of amides is 1. The van der Waals surface area contributed by atoms with Crippen molar-refractivity contribution in [2.24, 2.45) is 0 Å². The topological polar surface area (TPSA) is 72.2 Å². The predicted molar refractivity (Wildman–Crippen MR) is 87.5 cm³/mol. The molecule has 0 saturated carbocycles. The minimum atomic E-state index is -0.382. The van der Waals surface area contributed by atoms with Crippen LogP contribution in [0.25, 0.3) is 5.78 Å². The zero-order chi connectivity index (χ0) is 16.7. The summed E-state index contributed by atoms with van der Waals surface area (Å²) >= 11 is 1.48. The van der Waals surface area contributed by atoms with Gasteiger partial charge in [0.05, 0.1) is 6.04 Å². The van der Waals surface area contributed by atoms with Crippen molar-refractivity contribution >= 4 is 23.4 Å². The fraction of sp³-hybridized carbons (Fsp3) is 0.250. The van der Waals surface area contributed by atoms with Crippen LogP contribution in [0.5, 0.6) is 0 Å². The van der Waals surface area contributed by atoms with Crippen molar-refractivity contribution in [3.05, 3.63) is 53.4 Å². The minimum absolute atomic E-state index is 0.0629. The highest BCUT2D eigenvalue weighted by Gasteiger charge is 2.26. The van der Waals surface area contributed by atoms with Crippen LogP contribution in [0, 0.1) is 12.7 Å². The van der Waals surface area contributed by atoms with E-state index in [9.17, 15) is 9.18 Å². The molecule has 1 aromatic carbocycles. The molecule has 2 aromatic heterocycles. The molecule has 0 saturated heterocycles. The average Bonchev–Trinajstić information content (AvgIpc) is 3.02. The second-order valence-electron chi connectivity index (χ2n) is 5.55. The van der Waals surface area contributed by atoms with Crippen molar-refractivity contribution in [3.8, 4) is 0 Å². The lowest BCUT2D eigenvalue weighted by molar-refractivity contribution is 0.0924. The summed E-state index contributed by atoms with van der Waals surface area (Å²) in [5.74, 6) is 0.561. The Bertz CT molecular complexity index is 941. The SMILES string of the molecule is Cc1ccnc2nc(C(=O)N[C@H]3CCSc4c(F)cccc43)nn12. The van der Waals surface area contributed by atoms with Crippen molar-refractivity contribution in [2.45, 2.75) is 24.3 Å². The highest BCUT2D eigenvalue weighted by molar-refractivity contribution is 7.99. The molecule has 0 radical (unpaired) electrons. The van der Waals surface area contributed by atoms with Gasteiger partial charge in [-0.15, -0.1) is 16.9 Å². The monoisotopic (exact) mass is 343 g/mol. The van der Waals surface area contributed by atoms with Crippen LogP contribution in [0.15, 0.2) is 35.4 Å². The summed E-state index contributed by atoms with van der Waals surface area (Å²) in [5, 5.41) is 7.12. The normalized spacial score (nSPS) is 16.8. The first-order chi connectivity index (χ1) is 11.6. The Labute approximate surface area is 141 Å². The highest BCUT2D eigenvalue weighted by atomic mass is 32.2. The minimum Gasteiger partial charge on any atom is -0.342 e. The van der Waals surface area contributed by atoms with Crippen LogP contribution in [0.4, 0.5) is 4.39 Å². The molecule has 6 nitrogen and oxygen atoms in total. The van der Waals surface area contributed by atoms with E-state index in [1.807, 2.05) is 13.0 Å². The number of halogens is 1. The van der Waals surface area contributed by atoms with E-state index in [-0.39, 0.29) is 23.6 Å². The van der Waals surface area contributed by atoms with E-state index >= 15 is 0 Å². The van der Waals surface area contributed by atoms with Gasteiger partial charge in [-0.2, -0.15) is 4.98 Å². The molecule has 0 bridgehead atoms. The van der Waals surface area contributed by atoms with Crippen LogP contribution in [0.3, 0.4) is 0 Å². The number of hydrogen-bond acceptors (Lipinski definition) is 5. The third kappa shape index (κ3) is 2.52. The lowest BCUT2D eigenvalue weighted by Gasteiger charge is -2.25. The molecule has 24 heavy (non-hydrogen) atoms. The first kappa shape index (κ1) is 15.1. The van der Waals surface area contributed by atoms with Gasteiger partial charge in [0.1, 0.15) is 5.82 Å². The Hall–Kier alpha value is -2.48. The van der Waals surface area contributed by atoms with Gasteiger partial charge in [-0.3, -0.25) is 4.79 Å². The molecule has 8 heteroatoms. The number of nitrogens with one attached hydrogen (secondary N) is 1. The molecule has 122 valence electrons. The molecule has 0 aliphatic carbocycles. The van der Waals surface area contributed by atoms with Crippen molar-refractivity contribution in [2.75, 3.05) is 5.75 Å². The largest absolute Gasteiger partial charge is 0.342 e. The Morgan fingerprint density at radius 3 is 3.12 bits per heavy atom. The van der Waals surface area contributed by atoms with E-state index < -0.39 is 0 Å². The van der Waals surface area contributed by atoms with E-state index in [2.05, 4.69) is 20.4 Å². The maximum atomic E-state index is 13.9. The van der Waals surface area contributed by atoms with E-state index in [0.717, 1.165) is 23.4 Å². The molecule has 1 atom stereocenters. The zero-order valence-corrected chi connectivity index (χ0v) is 13.7. The Balaban J connectivity index is 1.63. The summed E-state index contributed by atoms with van der Waals surface area (Å²) in [6.45, 7) is 1.86. The molecule has 4 rings (SSSR count). The first-order valence-electron chi connectivity index (χ1n) is 7.54. The molecule has 1 aliphatic heterocycles. The molecule has 3 heterocycles. The number of rotatable bonds is 2. The molecule has 0 spiro atoms. The Morgan fingerprint density at radius 2 is 2.29 bits per heavy atom. The van der Waals surface area contributed by atoms with E-state index in [1.54, 1.807) is 18.3 Å². The fourth-order valence-corrected chi connectivity index (χ4v) is 3.90. The Kier molecular flexibility index (Phi) is 3.68. The number of carbonyl (C=O) groups excluding carboxylic acids is 1. The fourth-order valence-electron chi connectivity index (χ4n) is 2.76. The molecular formula is C16H14FN5OS. The van der Waals surface area contributed by atoms with Crippen LogP contribution in [-0.2, 0) is 0 Å². The second-order valence-corrected chi connectivity index (χ2v) is 6.66. The Morgan fingerprint density at radius 1 is 1.42 bits per heavy atom. The summed E-state index contributed by atoms with van der Waals surface area (Å²) in [5.41, 5.74) is 1.64. The first-order valence-corrected chi connectivity index (χ1v) is 8.52. The molecule has 3 aromatic rings. The molecule has 1 N–H and O–H groups in total. The van der Waals surface area contributed by atoms with Gasteiger partial charge in [0, 0.05) is 22.5 Å². The third-order valence-corrected chi connectivity index (χ3v) is 5.12. The van der Waals surface area contributed by atoms with Crippen molar-refractivity contribution < 1.29 is 9.18 Å². The number of thioether (sulfide) groups is 1. The van der Waals surface area contributed by atoms with Crippen molar-refractivity contribution in [1.82, 2.24) is 24.9 Å². The number of carbonyl (C=O) groups is 1. The average molecular weight is 343 g/mol. The van der Waals surface area contributed by atoms with E-state index in [4.69, 9.17) is 0 Å². The number of nitrogens with zero attached hydrogens (tertiary/aromatic N) is 4. The molecule has 1 amide bonds. The maximum absolute atomic E-state index is 13.9. The van der Waals surface area contributed by atoms with Gasteiger partial charge in [0.15, 0.2) is 0 Å². The zero-order valence-electron chi connectivity index (χ0n) is 12.9. The van der Waals surface area contributed by atoms with Gasteiger partial charge in [-0.05, 0) is 31.0 Å². The quantitative estimate of drug-likeness (QED) is 0.774. The molecule has 0 unspecified atom stereocenters. The van der Waals surface area contributed by atoms with Crippen LogP contribution < -0.4 is 5.32 Å². The number of aromatic nitrogens is 4. The van der Waals surface area contributed by atoms with E-state index in [0.29, 0.717) is 10.7 Å². The van der Waals surface area contributed by atoms with Crippen LogP contribution >= 0.6 is 11.8 Å². The summed E-state index contributed by atoms with van der Waals surface area (Å²) in [7, 11) is 0. The summed E-state index contributed by atoms with van der Waals surface area (Å²) < 4.78 is 15.4. The molecule has 1 aliphatic rings. The summed E-state index contributed by atoms with van der Waals surface area (Å²) in [6.07, 6.45) is 2.36. The smallest absolute Gasteiger partial charge is 0.291 e. The van der Waals surface area contributed by atoms with E-state index in [1.165, 1.54) is 22.3 Å². The van der Waals surface area contributed by atoms with Gasteiger partial charge in [0.2, 0.25) is 5.82 Å². The standard InChI is InChI=1S/C16H14FN5OS/c1-9-5-7-18-16-20-14(21-22(9)16)15(23)19-12-6-8-24-13-10(12)3-2-4-11(13)17/h2-5,7,12H,6,8H2,1H3,(H,19,23)/t12-/m0/s1. The number of benzene rings is 1. The second kappa shape index (κ2) is 5.86. The van der Waals surface area contributed by atoms with Crippen LogP contribution in [0.2, 0.25) is 0 Å².